The van der Waals surface area contributed by atoms with Crippen molar-refractivity contribution >= 4 is 21.8 Å². The van der Waals surface area contributed by atoms with Crippen LogP contribution in [-0.4, -0.2) is 62.5 Å². The van der Waals surface area contributed by atoms with Crippen LogP contribution in [0.1, 0.15) is 22.3 Å². The summed E-state index contributed by atoms with van der Waals surface area (Å²) in [5.74, 6) is 0.410. The molecule has 0 aromatic heterocycles. The molecule has 0 bridgehead atoms. The number of rotatable bonds is 15. The number of sulfonamides is 1. The van der Waals surface area contributed by atoms with Crippen LogP contribution in [-0.2, 0) is 45.7 Å². The van der Waals surface area contributed by atoms with Crippen LogP contribution in [0.2, 0.25) is 0 Å². The maximum atomic E-state index is 14.2. The molecule has 236 valence electrons. The summed E-state index contributed by atoms with van der Waals surface area (Å²) in [7, 11) is -0.642. The lowest BCUT2D eigenvalue weighted by molar-refractivity contribution is -0.141. The molecular weight excluding hydrogens is 590 g/mol. The predicted octanol–water partition coefficient (Wildman–Crippen LogP) is 4.42. The molecule has 1 atom stereocenters. The van der Waals surface area contributed by atoms with E-state index in [1.54, 1.807) is 38.5 Å². The van der Waals surface area contributed by atoms with E-state index < -0.39 is 28.5 Å². The van der Waals surface area contributed by atoms with Gasteiger partial charge in [0, 0.05) is 31.6 Å². The Labute approximate surface area is 265 Å². The number of hydrogen-bond acceptors (Lipinski definition) is 6. The molecule has 0 heterocycles. The molecule has 0 saturated heterocycles. The van der Waals surface area contributed by atoms with Crippen LogP contribution in [0.15, 0.2) is 109 Å². The van der Waals surface area contributed by atoms with Crippen molar-refractivity contribution < 1.29 is 27.5 Å². The van der Waals surface area contributed by atoms with Crippen molar-refractivity contribution in [3.63, 3.8) is 0 Å². The average molecular weight is 630 g/mol. The van der Waals surface area contributed by atoms with Gasteiger partial charge in [-0.25, -0.2) is 8.42 Å². The SMILES string of the molecule is COc1ccc(CN(C(=O)CN(Cc2ccccc2)S(C)(=O)=O)[C@@H](Cc2ccccc2)C(=O)NCc2ccccc2OC)cc1. The van der Waals surface area contributed by atoms with Crippen LogP contribution in [0.4, 0.5) is 0 Å². The minimum Gasteiger partial charge on any atom is -0.497 e. The first-order chi connectivity index (χ1) is 21.7. The molecule has 0 aliphatic heterocycles. The summed E-state index contributed by atoms with van der Waals surface area (Å²) >= 11 is 0. The van der Waals surface area contributed by atoms with Crippen molar-refractivity contribution in [2.45, 2.75) is 32.1 Å². The zero-order valence-electron chi connectivity index (χ0n) is 25.8. The largest absolute Gasteiger partial charge is 0.497 e. The maximum Gasteiger partial charge on any atom is 0.243 e. The van der Waals surface area contributed by atoms with Gasteiger partial charge >= 0.3 is 0 Å². The monoisotopic (exact) mass is 629 g/mol. The van der Waals surface area contributed by atoms with Gasteiger partial charge in [0.1, 0.15) is 17.5 Å². The van der Waals surface area contributed by atoms with E-state index in [0.717, 1.165) is 32.8 Å². The summed E-state index contributed by atoms with van der Waals surface area (Å²) in [6.07, 6.45) is 1.30. The van der Waals surface area contributed by atoms with E-state index in [1.807, 2.05) is 84.9 Å². The molecule has 2 amide bonds. The summed E-state index contributed by atoms with van der Waals surface area (Å²) < 4.78 is 37.7. The van der Waals surface area contributed by atoms with E-state index in [9.17, 15) is 18.0 Å². The highest BCUT2D eigenvalue weighted by Gasteiger charge is 2.33. The first kappa shape index (κ1) is 33.2. The van der Waals surface area contributed by atoms with Gasteiger partial charge in [-0.3, -0.25) is 9.59 Å². The van der Waals surface area contributed by atoms with Crippen LogP contribution in [0.5, 0.6) is 11.5 Å². The highest BCUT2D eigenvalue weighted by Crippen LogP contribution is 2.20. The molecule has 1 N–H and O–H groups in total. The highest BCUT2D eigenvalue weighted by molar-refractivity contribution is 7.88. The number of methoxy groups -OCH3 is 2. The Balaban J connectivity index is 1.69. The number of carbonyl (C=O) groups is 2. The second kappa shape index (κ2) is 15.9. The number of ether oxygens (including phenoxy) is 2. The minimum absolute atomic E-state index is 0.0190. The molecule has 0 unspecified atom stereocenters. The number of carbonyl (C=O) groups excluding carboxylic acids is 2. The fourth-order valence-corrected chi connectivity index (χ4v) is 5.68. The number of para-hydroxylation sites is 1. The maximum absolute atomic E-state index is 14.2. The summed E-state index contributed by atoms with van der Waals surface area (Å²) in [5.41, 5.74) is 3.14. The zero-order chi connectivity index (χ0) is 32.2. The van der Waals surface area contributed by atoms with Gasteiger partial charge in [0.15, 0.2) is 0 Å². The summed E-state index contributed by atoms with van der Waals surface area (Å²) in [4.78, 5) is 29.7. The fourth-order valence-electron chi connectivity index (χ4n) is 4.95. The van der Waals surface area contributed by atoms with Gasteiger partial charge in [0.05, 0.1) is 27.0 Å². The topological polar surface area (TPSA) is 105 Å². The minimum atomic E-state index is -3.78. The predicted molar refractivity (Wildman–Crippen MR) is 174 cm³/mol. The van der Waals surface area contributed by atoms with Gasteiger partial charge in [-0.05, 0) is 34.9 Å². The van der Waals surface area contributed by atoms with Crippen LogP contribution in [0.3, 0.4) is 0 Å². The molecule has 0 radical (unpaired) electrons. The third kappa shape index (κ3) is 9.66. The third-order valence-corrected chi connectivity index (χ3v) is 8.61. The van der Waals surface area contributed by atoms with Crippen molar-refractivity contribution in [1.82, 2.24) is 14.5 Å². The zero-order valence-corrected chi connectivity index (χ0v) is 26.6. The number of benzene rings is 4. The first-order valence-electron chi connectivity index (χ1n) is 14.5. The molecule has 4 rings (SSSR count). The lowest BCUT2D eigenvalue weighted by atomic mass is 10.0. The van der Waals surface area contributed by atoms with Gasteiger partial charge < -0.3 is 19.7 Å². The second-order valence-electron chi connectivity index (χ2n) is 10.6. The Kier molecular flexibility index (Phi) is 11.7. The van der Waals surface area contributed by atoms with Gasteiger partial charge in [0.2, 0.25) is 21.8 Å². The second-order valence-corrected chi connectivity index (χ2v) is 12.6. The van der Waals surface area contributed by atoms with Crippen molar-refractivity contribution in [2.75, 3.05) is 27.0 Å². The van der Waals surface area contributed by atoms with E-state index in [2.05, 4.69) is 5.32 Å². The first-order valence-corrected chi connectivity index (χ1v) is 16.4. The molecule has 0 aliphatic rings. The summed E-state index contributed by atoms with van der Waals surface area (Å²) in [6, 6.07) is 32.2. The molecule has 9 nitrogen and oxygen atoms in total. The molecule has 4 aromatic rings. The lowest BCUT2D eigenvalue weighted by Gasteiger charge is -2.33. The van der Waals surface area contributed by atoms with E-state index in [0.29, 0.717) is 11.5 Å². The van der Waals surface area contributed by atoms with E-state index in [1.165, 1.54) is 4.90 Å². The van der Waals surface area contributed by atoms with Crippen molar-refractivity contribution in [1.29, 1.82) is 0 Å². The Morgan fingerprint density at radius 2 is 1.31 bits per heavy atom. The van der Waals surface area contributed by atoms with Crippen molar-refractivity contribution in [3.8, 4) is 11.5 Å². The summed E-state index contributed by atoms with van der Waals surface area (Å²) in [5, 5.41) is 2.99. The van der Waals surface area contributed by atoms with Crippen molar-refractivity contribution in [2.24, 2.45) is 0 Å². The molecule has 0 saturated carbocycles. The smallest absolute Gasteiger partial charge is 0.243 e. The number of nitrogens with one attached hydrogen (secondary N) is 1. The fraction of sp³-hybridized carbons (Fsp3) is 0.257. The standard InChI is InChI=1S/C35H39N3O6S/c1-43-31-20-18-29(19-21-31)25-38(34(39)26-37(45(3,41)42)24-28-14-8-5-9-15-28)32(22-27-12-6-4-7-13-27)35(40)36-23-30-16-10-11-17-33(30)44-2/h4-21,32H,22-26H2,1-3H3,(H,36,40)/t32-/m0/s1. The Morgan fingerprint density at radius 3 is 1.91 bits per heavy atom. The molecule has 45 heavy (non-hydrogen) atoms. The van der Waals surface area contributed by atoms with E-state index >= 15 is 0 Å². The molecule has 0 aliphatic carbocycles. The van der Waals surface area contributed by atoms with Gasteiger partial charge in [-0.1, -0.05) is 91.0 Å². The van der Waals surface area contributed by atoms with Gasteiger partial charge in [-0.15, -0.1) is 0 Å². The van der Waals surface area contributed by atoms with E-state index in [4.69, 9.17) is 9.47 Å². The van der Waals surface area contributed by atoms with Crippen LogP contribution in [0, 0.1) is 0 Å². The number of nitrogens with zero attached hydrogens (tertiary/aromatic N) is 2. The van der Waals surface area contributed by atoms with Crippen LogP contribution < -0.4 is 14.8 Å². The summed E-state index contributed by atoms with van der Waals surface area (Å²) in [6.45, 7) is -0.159. The van der Waals surface area contributed by atoms with Crippen molar-refractivity contribution in [3.05, 3.63) is 131 Å². The third-order valence-electron chi connectivity index (χ3n) is 7.41. The van der Waals surface area contributed by atoms with Crippen LogP contribution >= 0.6 is 0 Å². The Bertz CT molecular complexity index is 1650. The molecule has 0 spiro atoms. The molecule has 10 heteroatoms. The van der Waals surface area contributed by atoms with Gasteiger partial charge in [-0.2, -0.15) is 4.31 Å². The van der Waals surface area contributed by atoms with Gasteiger partial charge in [0.25, 0.3) is 0 Å². The highest BCUT2D eigenvalue weighted by atomic mass is 32.2. The Hall–Kier alpha value is -4.67. The molecule has 4 aromatic carbocycles. The normalized spacial score (nSPS) is 11.9. The average Bonchev–Trinajstić information content (AvgIpc) is 3.05. The Morgan fingerprint density at radius 1 is 0.733 bits per heavy atom. The number of hydrogen-bond donors (Lipinski definition) is 1. The van der Waals surface area contributed by atoms with E-state index in [-0.39, 0.29) is 32.0 Å². The van der Waals surface area contributed by atoms with Crippen LogP contribution in [0.25, 0.3) is 0 Å². The quantitative estimate of drug-likeness (QED) is 0.209. The molecule has 0 fully saturated rings. The lowest BCUT2D eigenvalue weighted by Crippen LogP contribution is -2.53. The molecular formula is C35H39N3O6S. The number of amides is 2.